The van der Waals surface area contributed by atoms with E-state index in [1.165, 1.54) is 16.2 Å². The van der Waals surface area contributed by atoms with Crippen molar-refractivity contribution in [3.8, 4) is 0 Å². The number of fused-ring (bicyclic) bond motifs is 5. The molecule has 1 saturated heterocycles. The molecule has 3 saturated carbocycles. The van der Waals surface area contributed by atoms with Crippen LogP contribution in [0.4, 0.5) is 23.1 Å². The fraction of sp³-hybridized carbons (Fsp3) is 0.610. The lowest BCUT2D eigenvalue weighted by molar-refractivity contribution is -0.192. The Bertz CT molecular complexity index is 2160. The molecule has 6 aliphatic rings. The van der Waals surface area contributed by atoms with Crippen LogP contribution in [-0.4, -0.2) is 99.8 Å². The van der Waals surface area contributed by atoms with E-state index in [9.17, 15) is 40.8 Å². The van der Waals surface area contributed by atoms with Gasteiger partial charge in [-0.15, -0.1) is 11.3 Å². The van der Waals surface area contributed by atoms with Gasteiger partial charge in [0.25, 0.3) is 5.91 Å². The molecule has 4 amide bonds. The highest BCUT2D eigenvalue weighted by molar-refractivity contribution is 7.91. The van der Waals surface area contributed by atoms with Gasteiger partial charge >= 0.3 is 18.2 Å². The number of carbonyl (C=O) groups excluding carboxylic acids is 4. The maximum Gasteiger partial charge on any atom is 0.490 e. The van der Waals surface area contributed by atoms with Crippen molar-refractivity contribution in [1.82, 2.24) is 24.8 Å². The highest BCUT2D eigenvalue weighted by Gasteiger charge is 2.62. The van der Waals surface area contributed by atoms with Crippen molar-refractivity contribution < 1.29 is 55.4 Å². The van der Waals surface area contributed by atoms with Gasteiger partial charge in [-0.1, -0.05) is 63.0 Å². The number of hydrogen-bond acceptors (Lipinski definition) is 11. The topological polar surface area (TPSA) is 204 Å². The number of ether oxygens (including phenoxy) is 1. The lowest BCUT2D eigenvalue weighted by Gasteiger charge is -2.34. The summed E-state index contributed by atoms with van der Waals surface area (Å²) < 4.78 is 65.6. The van der Waals surface area contributed by atoms with Crippen molar-refractivity contribution in [3.05, 3.63) is 52.0 Å². The maximum atomic E-state index is 14.9. The van der Waals surface area contributed by atoms with E-state index >= 15 is 0 Å². The van der Waals surface area contributed by atoms with Crippen molar-refractivity contribution in [3.63, 3.8) is 0 Å². The second kappa shape index (κ2) is 17.9. The van der Waals surface area contributed by atoms with E-state index in [1.54, 1.807) is 4.90 Å². The zero-order valence-corrected chi connectivity index (χ0v) is 35.4. The standard InChI is InChI=1S/C39H50N6O7S2.C2HF3O2/c1-2-27-19-39(27,36(48)43-54(50,51)30-16-17-30)42-34(46)32-18-29-21-45(32)35(47)33(25-11-6-3-7-12-25)41-37-40-28(23-53-37)15-8-4-5-10-24-13-9-14-26-20-44(22-31(24)26)38(49)52-29;3-2(4,5)1(6)7/h5,9-10,13-14,23,25,27,29-30,32-33H,2-4,6-8,11-12,15-22H2,1H3,(H,40,41)(H,42,46)(H,43,48);(H,6,7)/b10-5+;/t27-,29-,32+,33+,39-;/m1./s1. The van der Waals surface area contributed by atoms with Crippen molar-refractivity contribution >= 4 is 62.4 Å². The highest BCUT2D eigenvalue weighted by Crippen LogP contribution is 2.47. The summed E-state index contributed by atoms with van der Waals surface area (Å²) in [6, 6.07) is 4.38. The number of thiazole rings is 1. The van der Waals surface area contributed by atoms with Crippen molar-refractivity contribution in [2.45, 2.75) is 139 Å². The smallest absolute Gasteiger partial charge is 0.475 e. The predicted molar refractivity (Wildman–Crippen MR) is 217 cm³/mol. The van der Waals surface area contributed by atoms with Gasteiger partial charge in [-0.25, -0.2) is 23.0 Å². The minimum atomic E-state index is -5.08. The molecule has 332 valence electrons. The third-order valence-corrected chi connectivity index (χ3v) is 15.1. The summed E-state index contributed by atoms with van der Waals surface area (Å²) in [5.41, 5.74) is 2.76. The Morgan fingerprint density at radius 1 is 1.08 bits per heavy atom. The number of nitrogens with zero attached hydrogens (tertiary/aromatic N) is 3. The van der Waals surface area contributed by atoms with Crippen LogP contribution in [0.15, 0.2) is 29.7 Å². The number of halogens is 3. The van der Waals surface area contributed by atoms with Gasteiger partial charge in [-0.3, -0.25) is 24.0 Å². The summed E-state index contributed by atoms with van der Waals surface area (Å²) in [5.74, 6) is -4.55. The summed E-state index contributed by atoms with van der Waals surface area (Å²) in [4.78, 5) is 73.6. The molecule has 0 radical (unpaired) electrons. The third kappa shape index (κ3) is 10.2. The number of hydrogen-bond donors (Lipinski definition) is 4. The number of carboxylic acid groups (broad SMARTS) is 1. The molecule has 1 aromatic carbocycles. The number of rotatable bonds is 7. The van der Waals surface area contributed by atoms with E-state index in [0.29, 0.717) is 43.9 Å². The number of aromatic nitrogens is 1. The van der Waals surface area contributed by atoms with E-state index in [0.717, 1.165) is 73.8 Å². The van der Waals surface area contributed by atoms with E-state index in [2.05, 4.69) is 33.6 Å². The molecule has 8 rings (SSSR count). The van der Waals surface area contributed by atoms with Crippen LogP contribution >= 0.6 is 11.3 Å². The summed E-state index contributed by atoms with van der Waals surface area (Å²) >= 11 is 1.47. The highest BCUT2D eigenvalue weighted by atomic mass is 32.2. The Morgan fingerprint density at radius 3 is 2.49 bits per heavy atom. The molecule has 3 aliphatic heterocycles. The largest absolute Gasteiger partial charge is 0.490 e. The van der Waals surface area contributed by atoms with Gasteiger partial charge in [0.15, 0.2) is 5.13 Å². The molecule has 0 spiro atoms. The summed E-state index contributed by atoms with van der Waals surface area (Å²) in [5, 5.41) is 15.6. The van der Waals surface area contributed by atoms with Crippen LogP contribution in [0.2, 0.25) is 0 Å². The molecule has 3 aliphatic carbocycles. The quantitative estimate of drug-likeness (QED) is 0.273. The molecule has 4 N–H and O–H groups in total. The molecule has 15 nitrogen and oxygen atoms in total. The van der Waals surface area contributed by atoms with Gasteiger partial charge in [0, 0.05) is 18.3 Å². The molecular weight excluding hydrogens is 842 g/mol. The first-order valence-electron chi connectivity index (χ1n) is 20.9. The van der Waals surface area contributed by atoms with Crippen LogP contribution in [0, 0.1) is 11.8 Å². The lowest BCUT2D eigenvalue weighted by Crippen LogP contribution is -2.58. The van der Waals surface area contributed by atoms with Gasteiger partial charge in [-0.05, 0) is 79.9 Å². The summed E-state index contributed by atoms with van der Waals surface area (Å²) in [6.07, 6.45) is 7.20. The molecule has 20 heteroatoms. The molecule has 4 heterocycles. The normalized spacial score (nSPS) is 27.5. The first-order chi connectivity index (χ1) is 29.0. The van der Waals surface area contributed by atoms with Crippen molar-refractivity contribution in [1.29, 1.82) is 0 Å². The number of aliphatic carboxylic acids is 1. The van der Waals surface area contributed by atoms with Gasteiger partial charge in [0.1, 0.15) is 23.7 Å². The number of carbonyl (C=O) groups is 5. The number of allylic oxidation sites excluding steroid dienone is 1. The number of aryl methyl sites for hydroxylation is 1. The van der Waals surface area contributed by atoms with E-state index in [4.69, 9.17) is 19.6 Å². The zero-order chi connectivity index (χ0) is 43.7. The summed E-state index contributed by atoms with van der Waals surface area (Å²) in [7, 11) is -3.84. The monoisotopic (exact) mass is 892 g/mol. The van der Waals surface area contributed by atoms with Gasteiger partial charge < -0.3 is 25.4 Å². The Labute approximate surface area is 355 Å². The fourth-order valence-corrected chi connectivity index (χ4v) is 11.0. The van der Waals surface area contributed by atoms with Gasteiger partial charge in [-0.2, -0.15) is 13.2 Å². The first kappa shape index (κ1) is 44.3. The Morgan fingerprint density at radius 2 is 1.82 bits per heavy atom. The lowest BCUT2D eigenvalue weighted by atomic mass is 9.83. The molecule has 6 bridgehead atoms. The van der Waals surface area contributed by atoms with Crippen LogP contribution in [0.3, 0.4) is 0 Å². The number of amides is 4. The van der Waals surface area contributed by atoms with Crippen molar-refractivity contribution in [2.75, 3.05) is 11.9 Å². The molecular formula is C41H51F3N6O9S2. The van der Waals surface area contributed by atoms with E-state index < -0.39 is 69.1 Å². The molecule has 0 unspecified atom stereocenters. The third-order valence-electron chi connectivity index (χ3n) is 12.5. The molecule has 4 fully saturated rings. The first-order valence-corrected chi connectivity index (χ1v) is 23.3. The Balaban J connectivity index is 0.000000739. The second-order valence-corrected chi connectivity index (χ2v) is 19.6. The van der Waals surface area contributed by atoms with Gasteiger partial charge in [0.05, 0.1) is 24.0 Å². The van der Waals surface area contributed by atoms with Crippen LogP contribution in [-0.2, 0) is 53.4 Å². The Hall–Kier alpha value is -4.72. The maximum absolute atomic E-state index is 14.9. The minimum absolute atomic E-state index is 0.0118. The van der Waals surface area contributed by atoms with Crippen LogP contribution in [0.5, 0.6) is 0 Å². The molecule has 2 aromatic rings. The predicted octanol–water partition coefficient (Wildman–Crippen LogP) is 5.50. The molecule has 5 atom stereocenters. The number of benzene rings is 1. The second-order valence-electron chi connectivity index (χ2n) is 16.8. The minimum Gasteiger partial charge on any atom is -0.475 e. The summed E-state index contributed by atoms with van der Waals surface area (Å²) in [6.45, 7) is 2.70. The van der Waals surface area contributed by atoms with Crippen molar-refractivity contribution in [2.24, 2.45) is 11.8 Å². The average Bonchev–Trinajstić information content (AvgIpc) is 4.04. The molecule has 61 heavy (non-hydrogen) atoms. The number of anilines is 1. The Kier molecular flexibility index (Phi) is 13.0. The van der Waals surface area contributed by atoms with Gasteiger partial charge in [0.2, 0.25) is 21.8 Å². The van der Waals surface area contributed by atoms with Crippen LogP contribution in [0.1, 0.15) is 106 Å². The van der Waals surface area contributed by atoms with Crippen LogP contribution in [0.25, 0.3) is 6.08 Å². The number of sulfonamides is 1. The number of nitrogens with one attached hydrogen (secondary N) is 3. The number of alkyl halides is 3. The SMILES string of the molecule is CC[C@@H]1C[C@]1(NC(=O)[C@@H]1C[C@@H]2CN1C(=O)[C@H](C1CCCCC1)Nc1nc(cs1)CCC/C=C/c1cccc3c1CN(C3)C(=O)O2)C(=O)NS(=O)(=O)C1CC1.O=C(O)C(F)(F)F. The molecule has 1 aromatic heterocycles. The zero-order valence-electron chi connectivity index (χ0n) is 33.7. The van der Waals surface area contributed by atoms with E-state index in [1.807, 2.05) is 24.4 Å². The number of carboxylic acids is 1. The average molecular weight is 893 g/mol. The van der Waals surface area contributed by atoms with Crippen LogP contribution < -0.4 is 15.4 Å². The van der Waals surface area contributed by atoms with E-state index in [-0.39, 0.29) is 30.7 Å². The fourth-order valence-electron chi connectivity index (χ4n) is 8.88.